The second kappa shape index (κ2) is 4.81. The Labute approximate surface area is 105 Å². The first-order valence-electron chi connectivity index (χ1n) is 3.80. The van der Waals surface area contributed by atoms with Crippen LogP contribution < -0.4 is 4.74 Å². The number of nitro groups is 1. The molecule has 0 N–H and O–H groups in total. The number of carbonyl (C=O) groups is 1. The van der Waals surface area contributed by atoms with Gasteiger partial charge in [0.05, 0.1) is 11.1 Å². The maximum absolute atomic E-state index is 12.0. The summed E-state index contributed by atoms with van der Waals surface area (Å²) in [4.78, 5) is 23.3. The molecule has 0 bridgehead atoms. The topological polar surface area (TPSA) is 82.3 Å². The van der Waals surface area contributed by atoms with Crippen molar-refractivity contribution in [2.45, 2.75) is 6.36 Å². The van der Waals surface area contributed by atoms with Gasteiger partial charge in [-0.2, -0.15) is 0 Å². The van der Waals surface area contributed by atoms with Crippen LogP contribution in [0.1, 0.15) is 10.5 Å². The first kappa shape index (κ1) is 13.6. The van der Waals surface area contributed by atoms with Gasteiger partial charge in [0, 0.05) is 0 Å². The smallest absolute Gasteiger partial charge is 0.397 e. The number of hydrogen-bond acceptors (Lipinski definition) is 5. The molecule has 0 aromatic carbocycles. The number of carbonyl (C=O) groups excluding carboxylic acids is 1. The number of ether oxygens (including phenoxy) is 1. The van der Waals surface area contributed by atoms with Crippen LogP contribution >= 0.6 is 22.6 Å². The highest BCUT2D eigenvalue weighted by atomic mass is 127. The maximum Gasteiger partial charge on any atom is 0.573 e. The number of halogens is 4. The largest absolute Gasteiger partial charge is 0.573 e. The average molecular weight is 362 g/mol. The van der Waals surface area contributed by atoms with Crippen LogP contribution in [0.2, 0.25) is 0 Å². The van der Waals surface area contributed by atoms with Gasteiger partial charge in [-0.1, -0.05) is 0 Å². The molecule has 0 amide bonds. The molecule has 6 nitrogen and oxygen atoms in total. The number of pyridine rings is 1. The van der Waals surface area contributed by atoms with E-state index < -0.39 is 22.7 Å². The van der Waals surface area contributed by atoms with E-state index in [0.29, 0.717) is 6.20 Å². The fourth-order valence-corrected chi connectivity index (χ4v) is 1.66. The van der Waals surface area contributed by atoms with E-state index in [9.17, 15) is 28.1 Å². The lowest BCUT2D eigenvalue weighted by Gasteiger charge is -2.09. The lowest BCUT2D eigenvalue weighted by molar-refractivity contribution is -0.389. The number of alkyl halides is 3. The summed E-state index contributed by atoms with van der Waals surface area (Å²) >= 11 is 1.35. The van der Waals surface area contributed by atoms with Gasteiger partial charge in [0.15, 0.2) is 6.29 Å². The second-order valence-corrected chi connectivity index (χ2v) is 3.67. The van der Waals surface area contributed by atoms with Crippen LogP contribution in [0.15, 0.2) is 6.20 Å². The second-order valence-electron chi connectivity index (χ2n) is 2.59. The number of hydrogen-bond donors (Lipinski definition) is 0. The molecule has 92 valence electrons. The highest BCUT2D eigenvalue weighted by Crippen LogP contribution is 2.35. The molecular formula is C7H2F3IN2O4. The summed E-state index contributed by atoms with van der Waals surface area (Å²) in [5, 5.41) is 10.6. The standard InChI is InChI=1S/C7H2F3IN2O4/c8-7(9,10)17-4-1-12-3(2-14)5(11)6(4)13(15)16/h1-2H. The van der Waals surface area contributed by atoms with E-state index >= 15 is 0 Å². The van der Waals surface area contributed by atoms with Crippen molar-refractivity contribution in [3.05, 3.63) is 25.6 Å². The van der Waals surface area contributed by atoms with Gasteiger partial charge in [-0.15, -0.1) is 13.2 Å². The van der Waals surface area contributed by atoms with Crippen LogP contribution in [0.25, 0.3) is 0 Å². The lowest BCUT2D eigenvalue weighted by atomic mass is 10.3. The molecule has 0 unspecified atom stereocenters. The summed E-state index contributed by atoms with van der Waals surface area (Å²) in [6.45, 7) is 0. The first-order chi connectivity index (χ1) is 7.76. The van der Waals surface area contributed by atoms with Crippen molar-refractivity contribution in [3.8, 4) is 5.75 Å². The highest BCUT2D eigenvalue weighted by Gasteiger charge is 2.36. The molecule has 0 aliphatic heterocycles. The van der Waals surface area contributed by atoms with E-state index in [4.69, 9.17) is 0 Å². The summed E-state index contributed by atoms with van der Waals surface area (Å²) in [5.74, 6) is -1.06. The minimum atomic E-state index is -5.07. The van der Waals surface area contributed by atoms with Crippen LogP contribution in [0.4, 0.5) is 18.9 Å². The van der Waals surface area contributed by atoms with Crippen molar-refractivity contribution in [1.82, 2.24) is 4.98 Å². The third kappa shape index (κ3) is 3.25. The Kier molecular flexibility index (Phi) is 3.85. The first-order valence-corrected chi connectivity index (χ1v) is 4.88. The third-order valence-electron chi connectivity index (χ3n) is 1.51. The number of nitrogens with zero attached hydrogens (tertiary/aromatic N) is 2. The monoisotopic (exact) mass is 362 g/mol. The van der Waals surface area contributed by atoms with E-state index in [0.717, 1.165) is 0 Å². The molecule has 17 heavy (non-hydrogen) atoms. The zero-order valence-corrected chi connectivity index (χ0v) is 9.85. The zero-order valence-electron chi connectivity index (χ0n) is 7.69. The molecule has 0 fully saturated rings. The Morgan fingerprint density at radius 2 is 2.12 bits per heavy atom. The van der Waals surface area contributed by atoms with Crippen molar-refractivity contribution in [2.24, 2.45) is 0 Å². The third-order valence-corrected chi connectivity index (χ3v) is 2.57. The molecule has 0 spiro atoms. The Hall–Kier alpha value is -1.46. The summed E-state index contributed by atoms with van der Waals surface area (Å²) in [6, 6.07) is 0. The van der Waals surface area contributed by atoms with Crippen molar-refractivity contribution in [2.75, 3.05) is 0 Å². The van der Waals surface area contributed by atoms with Crippen molar-refractivity contribution >= 4 is 34.6 Å². The highest BCUT2D eigenvalue weighted by molar-refractivity contribution is 14.1. The maximum atomic E-state index is 12.0. The molecule has 1 rings (SSSR count). The lowest BCUT2D eigenvalue weighted by Crippen LogP contribution is -2.18. The Morgan fingerprint density at radius 1 is 1.53 bits per heavy atom. The normalized spacial score (nSPS) is 11.1. The summed E-state index contributed by atoms with van der Waals surface area (Å²) in [7, 11) is 0. The molecule has 0 atom stereocenters. The molecule has 1 aromatic heterocycles. The molecule has 1 aromatic rings. The summed E-state index contributed by atoms with van der Waals surface area (Å²) in [6.07, 6.45) is -4.39. The molecular weight excluding hydrogens is 360 g/mol. The van der Waals surface area contributed by atoms with Gasteiger partial charge in [0.2, 0.25) is 5.75 Å². The molecule has 0 aliphatic carbocycles. The van der Waals surface area contributed by atoms with E-state index in [1.165, 1.54) is 22.6 Å². The fraction of sp³-hybridized carbons (Fsp3) is 0.143. The summed E-state index contributed by atoms with van der Waals surface area (Å²) < 4.78 is 39.0. The molecule has 0 saturated carbocycles. The van der Waals surface area contributed by atoms with Crippen molar-refractivity contribution in [3.63, 3.8) is 0 Å². The van der Waals surface area contributed by atoms with Crippen LogP contribution in [0.3, 0.4) is 0 Å². The molecule has 0 saturated heterocycles. The number of aldehydes is 1. The van der Waals surface area contributed by atoms with Crippen molar-refractivity contribution < 1.29 is 27.6 Å². The molecule has 1 heterocycles. The average Bonchev–Trinajstić information content (AvgIpc) is 2.14. The molecule has 0 aliphatic rings. The van der Waals surface area contributed by atoms with Crippen LogP contribution in [-0.2, 0) is 0 Å². The van der Waals surface area contributed by atoms with Crippen LogP contribution in [0.5, 0.6) is 5.75 Å². The zero-order chi connectivity index (χ0) is 13.2. The number of rotatable bonds is 3. The Morgan fingerprint density at radius 3 is 2.53 bits per heavy atom. The molecule has 0 radical (unpaired) electrons. The van der Waals surface area contributed by atoms with Crippen LogP contribution in [0, 0.1) is 13.7 Å². The fourth-order valence-electron chi connectivity index (χ4n) is 0.927. The Bertz CT molecular complexity index is 477. The minimum absolute atomic E-state index is 0.201. The SMILES string of the molecule is O=Cc1ncc(OC(F)(F)F)c([N+](=O)[O-])c1I. The van der Waals surface area contributed by atoms with Gasteiger partial charge in [-0.25, -0.2) is 4.98 Å². The minimum Gasteiger partial charge on any atom is -0.397 e. The number of aromatic nitrogens is 1. The van der Waals surface area contributed by atoms with Gasteiger partial charge in [-0.3, -0.25) is 14.9 Å². The molecule has 10 heteroatoms. The van der Waals surface area contributed by atoms with Crippen LogP contribution in [-0.4, -0.2) is 22.6 Å². The van der Waals surface area contributed by atoms with Gasteiger partial charge < -0.3 is 4.74 Å². The quantitative estimate of drug-likeness (QED) is 0.357. The van der Waals surface area contributed by atoms with E-state index in [2.05, 4.69) is 9.72 Å². The van der Waals surface area contributed by atoms with Gasteiger partial charge in [0.1, 0.15) is 9.26 Å². The predicted molar refractivity (Wildman–Crippen MR) is 55.7 cm³/mol. The Balaban J connectivity index is 3.36. The predicted octanol–water partition coefficient (Wildman–Crippen LogP) is 2.31. The van der Waals surface area contributed by atoms with Gasteiger partial charge >= 0.3 is 12.0 Å². The van der Waals surface area contributed by atoms with E-state index in [1.54, 1.807) is 0 Å². The van der Waals surface area contributed by atoms with Gasteiger partial charge in [-0.05, 0) is 22.6 Å². The van der Waals surface area contributed by atoms with Gasteiger partial charge in [0.25, 0.3) is 0 Å². The summed E-state index contributed by atoms with van der Waals surface area (Å²) in [5.41, 5.74) is -1.27. The van der Waals surface area contributed by atoms with Crippen molar-refractivity contribution in [1.29, 1.82) is 0 Å². The van der Waals surface area contributed by atoms with E-state index in [1.807, 2.05) is 0 Å². The van der Waals surface area contributed by atoms with E-state index in [-0.39, 0.29) is 15.6 Å².